The second kappa shape index (κ2) is 6.19. The Kier molecular flexibility index (Phi) is 4.54. The summed E-state index contributed by atoms with van der Waals surface area (Å²) in [6.07, 6.45) is 0. The van der Waals surface area contributed by atoms with Crippen molar-refractivity contribution in [1.82, 2.24) is 10.2 Å². The first-order valence-corrected chi connectivity index (χ1v) is 6.92. The summed E-state index contributed by atoms with van der Waals surface area (Å²) < 4.78 is 0. The van der Waals surface area contributed by atoms with Gasteiger partial charge in [0.1, 0.15) is 0 Å². The molecule has 1 aromatic carbocycles. The number of primary amides is 1. The van der Waals surface area contributed by atoms with Crippen LogP contribution in [0.15, 0.2) is 18.2 Å². The van der Waals surface area contributed by atoms with Gasteiger partial charge in [0, 0.05) is 48.9 Å². The standard InChI is InChI=1S/C14H20N4O3/c1-9-6-17(7-10(2)16-9)8-12-4-3-11(14(15)19)5-13(12)18(20)21/h3-5,9-10,16H,6-8H2,1-2H3,(H2,15,19). The lowest BCUT2D eigenvalue weighted by Gasteiger charge is -2.36. The van der Waals surface area contributed by atoms with Crippen LogP contribution >= 0.6 is 0 Å². The maximum absolute atomic E-state index is 11.2. The molecule has 1 fully saturated rings. The van der Waals surface area contributed by atoms with E-state index >= 15 is 0 Å². The van der Waals surface area contributed by atoms with E-state index in [-0.39, 0.29) is 11.3 Å². The summed E-state index contributed by atoms with van der Waals surface area (Å²) in [6.45, 7) is 6.34. The van der Waals surface area contributed by atoms with Crippen LogP contribution in [0, 0.1) is 10.1 Å². The molecule has 2 unspecified atom stereocenters. The van der Waals surface area contributed by atoms with E-state index in [1.54, 1.807) is 12.1 Å². The number of rotatable bonds is 4. The van der Waals surface area contributed by atoms with E-state index in [1.165, 1.54) is 6.07 Å². The third-order valence-electron chi connectivity index (χ3n) is 3.59. The molecule has 0 aliphatic carbocycles. The van der Waals surface area contributed by atoms with Crippen LogP contribution in [0.25, 0.3) is 0 Å². The molecule has 7 heteroatoms. The summed E-state index contributed by atoms with van der Waals surface area (Å²) in [6, 6.07) is 5.11. The Hall–Kier alpha value is -1.99. The lowest BCUT2D eigenvalue weighted by atomic mass is 10.1. The largest absolute Gasteiger partial charge is 0.366 e. The lowest BCUT2D eigenvalue weighted by Crippen LogP contribution is -2.53. The molecule has 1 aliphatic heterocycles. The van der Waals surface area contributed by atoms with Crippen molar-refractivity contribution >= 4 is 11.6 Å². The van der Waals surface area contributed by atoms with Crippen LogP contribution in [-0.4, -0.2) is 40.9 Å². The zero-order valence-corrected chi connectivity index (χ0v) is 12.2. The van der Waals surface area contributed by atoms with Crippen LogP contribution in [0.4, 0.5) is 5.69 Å². The third-order valence-corrected chi connectivity index (χ3v) is 3.59. The molecule has 1 aliphatic rings. The molecule has 0 radical (unpaired) electrons. The molecule has 0 aromatic heterocycles. The van der Waals surface area contributed by atoms with Crippen LogP contribution < -0.4 is 11.1 Å². The van der Waals surface area contributed by atoms with Gasteiger partial charge in [-0.05, 0) is 19.9 Å². The van der Waals surface area contributed by atoms with E-state index in [0.717, 1.165) is 13.1 Å². The fourth-order valence-electron chi connectivity index (χ4n) is 2.83. The van der Waals surface area contributed by atoms with Crippen molar-refractivity contribution in [2.24, 2.45) is 5.73 Å². The number of carbonyl (C=O) groups is 1. The van der Waals surface area contributed by atoms with Crippen LogP contribution in [-0.2, 0) is 6.54 Å². The maximum Gasteiger partial charge on any atom is 0.274 e. The zero-order valence-electron chi connectivity index (χ0n) is 12.2. The minimum Gasteiger partial charge on any atom is -0.366 e. The third kappa shape index (κ3) is 3.77. The first-order chi connectivity index (χ1) is 9.86. The number of amides is 1. The molecular weight excluding hydrogens is 272 g/mol. The van der Waals surface area contributed by atoms with Crippen molar-refractivity contribution < 1.29 is 9.72 Å². The number of hydrogen-bond donors (Lipinski definition) is 2. The van der Waals surface area contributed by atoms with Gasteiger partial charge in [0.25, 0.3) is 5.69 Å². The minimum atomic E-state index is -0.658. The topological polar surface area (TPSA) is 102 Å². The van der Waals surface area contributed by atoms with Gasteiger partial charge >= 0.3 is 0 Å². The normalized spacial score (nSPS) is 23.0. The maximum atomic E-state index is 11.2. The molecule has 1 aromatic rings. The highest BCUT2D eigenvalue weighted by Crippen LogP contribution is 2.22. The Morgan fingerprint density at radius 1 is 1.43 bits per heavy atom. The SMILES string of the molecule is CC1CN(Cc2ccc(C(N)=O)cc2[N+](=O)[O-])CC(C)N1. The molecule has 2 rings (SSSR count). The van der Waals surface area contributed by atoms with E-state index in [2.05, 4.69) is 24.1 Å². The summed E-state index contributed by atoms with van der Waals surface area (Å²) in [4.78, 5) is 24.1. The second-order valence-electron chi connectivity index (χ2n) is 5.63. The summed E-state index contributed by atoms with van der Waals surface area (Å²) in [5, 5.41) is 14.6. The van der Waals surface area contributed by atoms with Gasteiger partial charge in [0.15, 0.2) is 0 Å². The second-order valence-corrected chi connectivity index (χ2v) is 5.63. The van der Waals surface area contributed by atoms with E-state index in [4.69, 9.17) is 5.73 Å². The fourth-order valence-corrected chi connectivity index (χ4v) is 2.83. The number of nitro benzene ring substituents is 1. The Balaban J connectivity index is 2.23. The molecular formula is C14H20N4O3. The number of nitrogens with zero attached hydrogens (tertiary/aromatic N) is 2. The first kappa shape index (κ1) is 15.4. The van der Waals surface area contributed by atoms with E-state index < -0.39 is 10.8 Å². The molecule has 0 saturated carbocycles. The van der Waals surface area contributed by atoms with E-state index in [0.29, 0.717) is 24.2 Å². The molecule has 1 saturated heterocycles. The fraction of sp³-hybridized carbons (Fsp3) is 0.500. The number of nitrogens with one attached hydrogen (secondary N) is 1. The number of carbonyl (C=O) groups excluding carboxylic acids is 1. The van der Waals surface area contributed by atoms with Crippen molar-refractivity contribution in [3.05, 3.63) is 39.4 Å². The van der Waals surface area contributed by atoms with Gasteiger partial charge in [-0.25, -0.2) is 0 Å². The highest BCUT2D eigenvalue weighted by Gasteiger charge is 2.24. The minimum absolute atomic E-state index is 0.0508. The molecule has 114 valence electrons. The molecule has 21 heavy (non-hydrogen) atoms. The monoisotopic (exact) mass is 292 g/mol. The molecule has 7 nitrogen and oxygen atoms in total. The number of piperazine rings is 1. The van der Waals surface area contributed by atoms with Gasteiger partial charge in [-0.2, -0.15) is 0 Å². The quantitative estimate of drug-likeness (QED) is 0.633. The van der Waals surface area contributed by atoms with Crippen molar-refractivity contribution in [2.75, 3.05) is 13.1 Å². The number of hydrogen-bond acceptors (Lipinski definition) is 5. The van der Waals surface area contributed by atoms with Crippen LogP contribution in [0.5, 0.6) is 0 Å². The zero-order chi connectivity index (χ0) is 15.6. The molecule has 0 bridgehead atoms. The van der Waals surface area contributed by atoms with E-state index in [9.17, 15) is 14.9 Å². The Bertz CT molecular complexity index is 551. The van der Waals surface area contributed by atoms with Crippen molar-refractivity contribution in [3.63, 3.8) is 0 Å². The highest BCUT2D eigenvalue weighted by molar-refractivity contribution is 5.93. The number of nitro groups is 1. The Morgan fingerprint density at radius 2 is 2.05 bits per heavy atom. The first-order valence-electron chi connectivity index (χ1n) is 6.92. The van der Waals surface area contributed by atoms with Crippen molar-refractivity contribution in [2.45, 2.75) is 32.5 Å². The van der Waals surface area contributed by atoms with Crippen LogP contribution in [0.1, 0.15) is 29.8 Å². The molecule has 1 heterocycles. The summed E-state index contributed by atoms with van der Waals surface area (Å²) in [7, 11) is 0. The average Bonchev–Trinajstić information content (AvgIpc) is 2.37. The van der Waals surface area contributed by atoms with Gasteiger partial charge in [-0.15, -0.1) is 0 Å². The van der Waals surface area contributed by atoms with Gasteiger partial charge in [0.2, 0.25) is 5.91 Å². The smallest absolute Gasteiger partial charge is 0.274 e. The summed E-state index contributed by atoms with van der Waals surface area (Å²) in [5.74, 6) is -0.658. The molecule has 2 atom stereocenters. The number of nitrogens with two attached hydrogens (primary N) is 1. The molecule has 3 N–H and O–H groups in total. The van der Waals surface area contributed by atoms with Gasteiger partial charge < -0.3 is 11.1 Å². The lowest BCUT2D eigenvalue weighted by molar-refractivity contribution is -0.385. The van der Waals surface area contributed by atoms with Gasteiger partial charge in [-0.1, -0.05) is 6.07 Å². The predicted octanol–water partition coefficient (Wildman–Crippen LogP) is 0.876. The van der Waals surface area contributed by atoms with Crippen LogP contribution in [0.3, 0.4) is 0 Å². The van der Waals surface area contributed by atoms with Crippen LogP contribution in [0.2, 0.25) is 0 Å². The van der Waals surface area contributed by atoms with E-state index in [1.807, 2.05) is 0 Å². The number of benzene rings is 1. The summed E-state index contributed by atoms with van der Waals surface area (Å²) in [5.41, 5.74) is 5.89. The van der Waals surface area contributed by atoms with Gasteiger partial charge in [0.05, 0.1) is 4.92 Å². The Labute approximate surface area is 123 Å². The van der Waals surface area contributed by atoms with Gasteiger partial charge in [-0.3, -0.25) is 19.8 Å². The van der Waals surface area contributed by atoms with Crippen molar-refractivity contribution in [1.29, 1.82) is 0 Å². The highest BCUT2D eigenvalue weighted by atomic mass is 16.6. The average molecular weight is 292 g/mol. The summed E-state index contributed by atoms with van der Waals surface area (Å²) >= 11 is 0. The molecule has 0 spiro atoms. The van der Waals surface area contributed by atoms with Crippen molar-refractivity contribution in [3.8, 4) is 0 Å². The molecule has 1 amide bonds. The predicted molar refractivity (Wildman–Crippen MR) is 79.0 cm³/mol. The Morgan fingerprint density at radius 3 is 2.57 bits per heavy atom.